The second kappa shape index (κ2) is 5.03. The van der Waals surface area contributed by atoms with Gasteiger partial charge in [-0.05, 0) is 30.3 Å². The fraction of sp³-hybridized carbons (Fsp3) is 0. The monoisotopic (exact) mass is 303 g/mol. The van der Waals surface area contributed by atoms with Gasteiger partial charge in [0.2, 0.25) is 0 Å². The van der Waals surface area contributed by atoms with Crippen LogP contribution in [0.2, 0.25) is 0 Å². The van der Waals surface area contributed by atoms with Crippen molar-refractivity contribution in [1.29, 1.82) is 0 Å². The van der Waals surface area contributed by atoms with Crippen molar-refractivity contribution >= 4 is 23.5 Å². The van der Waals surface area contributed by atoms with E-state index in [1.54, 1.807) is 0 Å². The van der Waals surface area contributed by atoms with Crippen LogP contribution in [0.4, 0.5) is 14.5 Å². The van der Waals surface area contributed by atoms with Crippen LogP contribution in [-0.4, -0.2) is 10.9 Å². The molecule has 0 fully saturated rings. The van der Waals surface area contributed by atoms with E-state index in [9.17, 15) is 23.7 Å². The lowest BCUT2D eigenvalue weighted by atomic mass is 10.1. The summed E-state index contributed by atoms with van der Waals surface area (Å²) < 4.78 is 31.8. The summed E-state index contributed by atoms with van der Waals surface area (Å²) in [6.45, 7) is 0. The molecule has 2 aromatic rings. The van der Waals surface area contributed by atoms with E-state index in [1.165, 1.54) is 18.2 Å². The van der Waals surface area contributed by atoms with Gasteiger partial charge in [0.05, 0.1) is 10.5 Å². The smallest absolute Gasteiger partial charge is 0.344 e. The van der Waals surface area contributed by atoms with Crippen molar-refractivity contribution < 1.29 is 23.2 Å². The standard InChI is InChI=1S/C15H7F2NO4/c16-9-1-4-13(17)8(5-9)6-14-11-3-2-10(18(20)21)7-12(11)15(19)22-14/h1-7H. The number of halogens is 2. The van der Waals surface area contributed by atoms with Gasteiger partial charge in [-0.25, -0.2) is 13.6 Å². The molecule has 0 spiro atoms. The number of nitro benzene ring substituents is 1. The van der Waals surface area contributed by atoms with Crippen molar-refractivity contribution in [3.05, 3.63) is 74.8 Å². The molecule has 0 bridgehead atoms. The minimum atomic E-state index is -0.776. The summed E-state index contributed by atoms with van der Waals surface area (Å²) in [5.74, 6) is -2.08. The Morgan fingerprint density at radius 2 is 1.86 bits per heavy atom. The molecule has 0 saturated heterocycles. The molecule has 0 amide bonds. The Morgan fingerprint density at radius 3 is 2.59 bits per heavy atom. The van der Waals surface area contributed by atoms with Crippen molar-refractivity contribution in [1.82, 2.24) is 0 Å². The lowest BCUT2D eigenvalue weighted by Gasteiger charge is -2.01. The van der Waals surface area contributed by atoms with Gasteiger partial charge in [-0.2, -0.15) is 0 Å². The highest BCUT2D eigenvalue weighted by atomic mass is 19.1. The van der Waals surface area contributed by atoms with Crippen LogP contribution in [0.3, 0.4) is 0 Å². The van der Waals surface area contributed by atoms with Gasteiger partial charge in [-0.15, -0.1) is 0 Å². The zero-order valence-corrected chi connectivity index (χ0v) is 10.9. The maximum absolute atomic E-state index is 13.6. The lowest BCUT2D eigenvalue weighted by Crippen LogP contribution is -1.95. The molecule has 0 N–H and O–H groups in total. The van der Waals surface area contributed by atoms with E-state index in [1.807, 2.05) is 0 Å². The number of esters is 1. The summed E-state index contributed by atoms with van der Waals surface area (Å²) in [7, 11) is 0. The van der Waals surface area contributed by atoms with Crippen LogP contribution >= 0.6 is 0 Å². The van der Waals surface area contributed by atoms with Crippen LogP contribution in [0.1, 0.15) is 21.5 Å². The van der Waals surface area contributed by atoms with Crippen molar-refractivity contribution in [2.24, 2.45) is 0 Å². The highest BCUT2D eigenvalue weighted by Crippen LogP contribution is 2.34. The average molecular weight is 303 g/mol. The van der Waals surface area contributed by atoms with Crippen molar-refractivity contribution in [2.75, 3.05) is 0 Å². The van der Waals surface area contributed by atoms with Gasteiger partial charge in [0.15, 0.2) is 0 Å². The fourth-order valence-corrected chi connectivity index (χ4v) is 2.11. The van der Waals surface area contributed by atoms with Crippen molar-refractivity contribution in [2.45, 2.75) is 0 Å². The third-order valence-electron chi connectivity index (χ3n) is 3.15. The molecule has 5 nitrogen and oxygen atoms in total. The normalized spacial score (nSPS) is 14.8. The third-order valence-corrected chi connectivity index (χ3v) is 3.15. The van der Waals surface area contributed by atoms with Crippen LogP contribution in [-0.2, 0) is 4.74 Å². The Hall–Kier alpha value is -3.09. The van der Waals surface area contributed by atoms with Gasteiger partial charge in [-0.3, -0.25) is 10.1 Å². The Bertz CT molecular complexity index is 845. The predicted molar refractivity (Wildman–Crippen MR) is 72.7 cm³/mol. The highest BCUT2D eigenvalue weighted by molar-refractivity contribution is 6.06. The summed E-state index contributed by atoms with van der Waals surface area (Å²) >= 11 is 0. The Morgan fingerprint density at radius 1 is 1.09 bits per heavy atom. The number of hydrogen-bond donors (Lipinski definition) is 0. The second-order valence-corrected chi connectivity index (χ2v) is 4.55. The maximum atomic E-state index is 13.6. The molecule has 22 heavy (non-hydrogen) atoms. The van der Waals surface area contributed by atoms with Gasteiger partial charge in [0.1, 0.15) is 17.4 Å². The van der Waals surface area contributed by atoms with Crippen LogP contribution < -0.4 is 0 Å². The third kappa shape index (κ3) is 2.32. The number of carbonyl (C=O) groups is 1. The maximum Gasteiger partial charge on any atom is 0.344 e. The average Bonchev–Trinajstić information content (AvgIpc) is 2.79. The van der Waals surface area contributed by atoms with Gasteiger partial charge in [0.25, 0.3) is 5.69 Å². The number of benzene rings is 2. The molecular formula is C15H7F2NO4. The summed E-state index contributed by atoms with van der Waals surface area (Å²) in [6, 6.07) is 6.50. The van der Waals surface area contributed by atoms with E-state index in [2.05, 4.69) is 0 Å². The summed E-state index contributed by atoms with van der Waals surface area (Å²) in [5, 5.41) is 10.7. The SMILES string of the molecule is O=C1OC(=Cc2cc(F)ccc2F)c2ccc([N+](=O)[O-])cc21. The van der Waals surface area contributed by atoms with Crippen LogP contribution in [0, 0.1) is 21.7 Å². The molecule has 0 aliphatic carbocycles. The first-order chi connectivity index (χ1) is 10.5. The van der Waals surface area contributed by atoms with Crippen LogP contribution in [0.25, 0.3) is 11.8 Å². The number of non-ortho nitro benzene ring substituents is 1. The highest BCUT2D eigenvalue weighted by Gasteiger charge is 2.28. The molecule has 1 aliphatic rings. The second-order valence-electron chi connectivity index (χ2n) is 4.55. The summed E-state index contributed by atoms with van der Waals surface area (Å²) in [5.41, 5.74) is -0.0422. The first kappa shape index (κ1) is 13.9. The number of fused-ring (bicyclic) bond motifs is 1. The molecule has 0 saturated carbocycles. The number of nitro groups is 1. The largest absolute Gasteiger partial charge is 0.422 e. The molecule has 1 aliphatic heterocycles. The first-order valence-electron chi connectivity index (χ1n) is 6.13. The van der Waals surface area contributed by atoms with Crippen molar-refractivity contribution in [3.63, 3.8) is 0 Å². The zero-order chi connectivity index (χ0) is 15.9. The van der Waals surface area contributed by atoms with E-state index in [0.29, 0.717) is 5.56 Å². The van der Waals surface area contributed by atoms with E-state index in [0.717, 1.165) is 24.3 Å². The van der Waals surface area contributed by atoms with Gasteiger partial charge >= 0.3 is 5.97 Å². The number of cyclic esters (lactones) is 1. The molecule has 1 heterocycles. The minimum Gasteiger partial charge on any atom is -0.422 e. The summed E-state index contributed by atoms with van der Waals surface area (Å²) in [4.78, 5) is 21.8. The van der Waals surface area contributed by atoms with Gasteiger partial charge in [-0.1, -0.05) is 0 Å². The van der Waals surface area contributed by atoms with E-state index < -0.39 is 22.5 Å². The molecule has 0 atom stereocenters. The predicted octanol–water partition coefficient (Wildman–Crippen LogP) is 3.54. The number of hydrogen-bond acceptors (Lipinski definition) is 4. The fourth-order valence-electron chi connectivity index (χ4n) is 2.11. The molecular weight excluding hydrogens is 296 g/mol. The number of rotatable bonds is 2. The Labute approximate surface area is 122 Å². The molecule has 0 radical (unpaired) electrons. The van der Waals surface area contributed by atoms with Gasteiger partial charge < -0.3 is 4.74 Å². The topological polar surface area (TPSA) is 69.4 Å². The van der Waals surface area contributed by atoms with E-state index in [4.69, 9.17) is 4.74 Å². The van der Waals surface area contributed by atoms with Crippen LogP contribution in [0.5, 0.6) is 0 Å². The molecule has 110 valence electrons. The minimum absolute atomic E-state index is 0.0114. The molecule has 3 rings (SSSR count). The Balaban J connectivity index is 2.10. The molecule has 7 heteroatoms. The molecule has 0 aromatic heterocycles. The van der Waals surface area contributed by atoms with Crippen LogP contribution in [0.15, 0.2) is 36.4 Å². The number of carbonyl (C=O) groups excluding carboxylic acids is 1. The van der Waals surface area contributed by atoms with E-state index in [-0.39, 0.29) is 22.6 Å². The van der Waals surface area contributed by atoms with E-state index >= 15 is 0 Å². The summed E-state index contributed by atoms with van der Waals surface area (Å²) in [6.07, 6.45) is 1.17. The Kier molecular flexibility index (Phi) is 3.17. The molecule has 0 unspecified atom stereocenters. The molecule has 2 aromatic carbocycles. The first-order valence-corrected chi connectivity index (χ1v) is 6.13. The number of ether oxygens (including phenoxy) is 1. The lowest BCUT2D eigenvalue weighted by molar-refractivity contribution is -0.384. The van der Waals surface area contributed by atoms with Gasteiger partial charge in [0, 0.05) is 23.3 Å². The quantitative estimate of drug-likeness (QED) is 0.483. The zero-order valence-electron chi connectivity index (χ0n) is 10.9. The van der Waals surface area contributed by atoms with Crippen molar-refractivity contribution in [3.8, 4) is 0 Å². The number of nitrogens with zero attached hydrogens (tertiary/aromatic N) is 1.